The van der Waals surface area contributed by atoms with E-state index in [1.54, 1.807) is 30.3 Å². The Bertz CT molecular complexity index is 1160. The molecule has 0 saturated carbocycles. The quantitative estimate of drug-likeness (QED) is 0.400. The van der Waals surface area contributed by atoms with Gasteiger partial charge in [0, 0.05) is 11.6 Å². The third kappa shape index (κ3) is 4.35. The van der Waals surface area contributed by atoms with Crippen molar-refractivity contribution in [1.29, 1.82) is 0 Å². The topological polar surface area (TPSA) is 35.5 Å². The van der Waals surface area contributed by atoms with Gasteiger partial charge in [-0.05, 0) is 53.8 Å². The molecule has 3 nitrogen and oxygen atoms in total. The molecular weight excluding hydrogens is 415 g/mol. The Labute approximate surface area is 186 Å². The van der Waals surface area contributed by atoms with E-state index >= 15 is 0 Å². The van der Waals surface area contributed by atoms with Crippen LogP contribution >= 0.6 is 11.6 Å². The van der Waals surface area contributed by atoms with Gasteiger partial charge in [-0.15, -0.1) is 0 Å². The maximum absolute atomic E-state index is 14.0. The lowest BCUT2D eigenvalue weighted by Gasteiger charge is -2.11. The van der Waals surface area contributed by atoms with Crippen LogP contribution in [-0.2, 0) is 6.61 Å². The normalized spacial score (nSPS) is 14.1. The largest absolute Gasteiger partial charge is 0.489 e. The molecule has 4 rings (SSSR count). The molecule has 0 atom stereocenters. The van der Waals surface area contributed by atoms with Gasteiger partial charge in [-0.3, -0.25) is 4.79 Å². The van der Waals surface area contributed by atoms with E-state index in [-0.39, 0.29) is 23.7 Å². The summed E-state index contributed by atoms with van der Waals surface area (Å²) < 4.78 is 25.6. The summed E-state index contributed by atoms with van der Waals surface area (Å²) in [6, 6.07) is 15.9. The first-order valence-electron chi connectivity index (χ1n) is 10.1. The van der Waals surface area contributed by atoms with Crippen molar-refractivity contribution in [2.75, 3.05) is 0 Å². The van der Waals surface area contributed by atoms with Gasteiger partial charge in [-0.25, -0.2) is 4.39 Å². The first kappa shape index (κ1) is 21.1. The highest BCUT2D eigenvalue weighted by molar-refractivity contribution is 6.31. The first-order valence-corrected chi connectivity index (χ1v) is 10.5. The smallest absolute Gasteiger partial charge is 0.232 e. The van der Waals surface area contributed by atoms with Crippen LogP contribution in [-0.4, -0.2) is 5.78 Å². The third-order valence-electron chi connectivity index (χ3n) is 5.29. The van der Waals surface area contributed by atoms with Crippen molar-refractivity contribution in [1.82, 2.24) is 0 Å². The highest BCUT2D eigenvalue weighted by atomic mass is 35.5. The Hall–Kier alpha value is -3.11. The lowest BCUT2D eigenvalue weighted by Crippen LogP contribution is -2.01. The molecule has 0 aromatic heterocycles. The van der Waals surface area contributed by atoms with Gasteiger partial charge < -0.3 is 9.47 Å². The molecule has 158 valence electrons. The fourth-order valence-corrected chi connectivity index (χ4v) is 3.73. The number of ether oxygens (including phenoxy) is 2. The van der Waals surface area contributed by atoms with Gasteiger partial charge in [0.15, 0.2) is 5.76 Å². The SMILES string of the molecule is Cc1cc(OCc2c(F)cccc2Cl)cc2c1C(=O)/C(=C/c1ccc(C(C)C)cc1)O2. The molecule has 0 spiro atoms. The molecule has 31 heavy (non-hydrogen) atoms. The number of ketones is 1. The van der Waals surface area contributed by atoms with Crippen LogP contribution < -0.4 is 9.47 Å². The number of hydrogen-bond donors (Lipinski definition) is 0. The number of aryl methyl sites for hydroxylation is 1. The number of rotatable bonds is 5. The van der Waals surface area contributed by atoms with Crippen molar-refractivity contribution in [3.05, 3.63) is 99.0 Å². The second-order valence-corrected chi connectivity index (χ2v) is 8.27. The second kappa shape index (κ2) is 8.56. The molecular formula is C26H22ClFO3. The van der Waals surface area contributed by atoms with Crippen LogP contribution in [0, 0.1) is 12.7 Å². The van der Waals surface area contributed by atoms with Crippen molar-refractivity contribution < 1.29 is 18.7 Å². The minimum absolute atomic E-state index is 0.0252. The van der Waals surface area contributed by atoms with Gasteiger partial charge in [0.25, 0.3) is 0 Å². The Morgan fingerprint density at radius 2 is 1.87 bits per heavy atom. The number of hydrogen-bond acceptors (Lipinski definition) is 3. The van der Waals surface area contributed by atoms with E-state index in [2.05, 4.69) is 26.0 Å². The van der Waals surface area contributed by atoms with Crippen molar-refractivity contribution in [3.8, 4) is 11.5 Å². The molecule has 0 radical (unpaired) electrons. The molecule has 0 N–H and O–H groups in total. The van der Waals surface area contributed by atoms with Crippen molar-refractivity contribution in [3.63, 3.8) is 0 Å². The van der Waals surface area contributed by atoms with Crippen LogP contribution in [0.3, 0.4) is 0 Å². The summed E-state index contributed by atoms with van der Waals surface area (Å²) in [5, 5.41) is 0.304. The fraction of sp³-hybridized carbons (Fsp3) is 0.192. The zero-order valence-corrected chi connectivity index (χ0v) is 18.3. The standard InChI is InChI=1S/C26H22ClFO3/c1-15(2)18-9-7-17(8-10-18)12-24-26(29)25-16(3)11-19(13-23(25)31-24)30-14-20-21(27)5-4-6-22(20)28/h4-13,15H,14H2,1-3H3/b24-12-. The maximum atomic E-state index is 14.0. The molecule has 0 saturated heterocycles. The fourth-order valence-electron chi connectivity index (χ4n) is 3.51. The minimum Gasteiger partial charge on any atom is -0.489 e. The van der Waals surface area contributed by atoms with Crippen LogP contribution in [0.25, 0.3) is 6.08 Å². The summed E-state index contributed by atoms with van der Waals surface area (Å²) in [4.78, 5) is 12.9. The summed E-state index contributed by atoms with van der Waals surface area (Å²) in [7, 11) is 0. The summed E-state index contributed by atoms with van der Waals surface area (Å²) in [5.74, 6) is 1.03. The Balaban J connectivity index is 1.56. The molecule has 1 aliphatic rings. The molecule has 3 aromatic rings. The van der Waals surface area contributed by atoms with Gasteiger partial charge in [-0.2, -0.15) is 0 Å². The van der Waals surface area contributed by atoms with Crippen molar-refractivity contribution >= 4 is 23.5 Å². The van der Waals surface area contributed by atoms with E-state index in [9.17, 15) is 9.18 Å². The second-order valence-electron chi connectivity index (χ2n) is 7.86. The average Bonchev–Trinajstić information content (AvgIpc) is 3.03. The molecule has 0 unspecified atom stereocenters. The molecule has 1 heterocycles. The van der Waals surface area contributed by atoms with Crippen LogP contribution in [0.1, 0.15) is 52.4 Å². The van der Waals surface area contributed by atoms with Crippen LogP contribution in [0.2, 0.25) is 5.02 Å². The first-order chi connectivity index (χ1) is 14.8. The molecule has 0 amide bonds. The van der Waals surface area contributed by atoms with Crippen LogP contribution in [0.15, 0.2) is 60.4 Å². The highest BCUT2D eigenvalue weighted by Gasteiger charge is 2.30. The monoisotopic (exact) mass is 436 g/mol. The number of benzene rings is 3. The Morgan fingerprint density at radius 1 is 1.13 bits per heavy atom. The number of allylic oxidation sites excluding steroid dienone is 1. The minimum atomic E-state index is -0.425. The van der Waals surface area contributed by atoms with Crippen molar-refractivity contribution in [2.45, 2.75) is 33.3 Å². The molecule has 0 aliphatic carbocycles. The van der Waals surface area contributed by atoms with E-state index in [0.717, 1.165) is 11.1 Å². The van der Waals surface area contributed by atoms with Crippen LogP contribution in [0.4, 0.5) is 4.39 Å². The molecule has 0 fully saturated rings. The maximum Gasteiger partial charge on any atom is 0.232 e. The molecule has 3 aromatic carbocycles. The van der Waals surface area contributed by atoms with Gasteiger partial charge in [-0.1, -0.05) is 55.8 Å². The van der Waals surface area contributed by atoms with Gasteiger partial charge in [0.2, 0.25) is 5.78 Å². The number of carbonyl (C=O) groups is 1. The lowest BCUT2D eigenvalue weighted by molar-refractivity contribution is 0.101. The molecule has 5 heteroatoms. The van der Waals surface area contributed by atoms with Crippen molar-refractivity contribution in [2.24, 2.45) is 0 Å². The predicted molar refractivity (Wildman–Crippen MR) is 120 cm³/mol. The number of halogens is 2. The van der Waals surface area contributed by atoms with Crippen LogP contribution in [0.5, 0.6) is 11.5 Å². The van der Waals surface area contributed by atoms with Gasteiger partial charge >= 0.3 is 0 Å². The summed E-state index contributed by atoms with van der Waals surface area (Å²) in [6.45, 7) is 6.07. The number of carbonyl (C=O) groups excluding carboxylic acids is 1. The zero-order valence-electron chi connectivity index (χ0n) is 17.5. The summed E-state index contributed by atoms with van der Waals surface area (Å²) in [6.07, 6.45) is 1.74. The molecule has 1 aliphatic heterocycles. The zero-order chi connectivity index (χ0) is 22.1. The lowest BCUT2D eigenvalue weighted by atomic mass is 10.0. The van der Waals surface area contributed by atoms with Gasteiger partial charge in [0.05, 0.1) is 10.6 Å². The molecule has 0 bridgehead atoms. The summed E-state index contributed by atoms with van der Waals surface area (Å²) in [5.41, 5.74) is 3.65. The number of Topliss-reactive ketones (excluding diaryl/α,β-unsaturated/α-hetero) is 1. The number of fused-ring (bicyclic) bond motifs is 1. The van der Waals surface area contributed by atoms with E-state index < -0.39 is 5.82 Å². The van der Waals surface area contributed by atoms with E-state index in [0.29, 0.717) is 28.0 Å². The van der Waals surface area contributed by atoms with E-state index in [4.69, 9.17) is 21.1 Å². The Kier molecular flexibility index (Phi) is 5.84. The predicted octanol–water partition coefficient (Wildman–Crippen LogP) is 7.11. The third-order valence-corrected chi connectivity index (χ3v) is 5.64. The van der Waals surface area contributed by atoms with E-state index in [1.807, 2.05) is 19.1 Å². The van der Waals surface area contributed by atoms with Gasteiger partial charge in [0.1, 0.15) is 23.9 Å². The summed E-state index contributed by atoms with van der Waals surface area (Å²) >= 11 is 6.07. The van der Waals surface area contributed by atoms with E-state index in [1.165, 1.54) is 11.6 Å². The highest BCUT2D eigenvalue weighted by Crippen LogP contribution is 2.38. The Morgan fingerprint density at radius 3 is 2.55 bits per heavy atom. The average molecular weight is 437 g/mol.